The molecule has 0 N–H and O–H groups in total. The number of fused-ring (bicyclic) bond motifs is 2. The van der Waals surface area contributed by atoms with Gasteiger partial charge in [-0.05, 0) is 69.5 Å². The standard InChI is InChI=1S/C23H29N/c1-16-4-8-18(9-5-16)14-22-21(19-10-6-17(2)7-11-19)15-20-12-13-23(22)24(20)3/h4-11,20-23H,12-15H2,1-3H3/t20-,21+,22-,23+/m0/s1. The van der Waals surface area contributed by atoms with E-state index in [9.17, 15) is 0 Å². The zero-order valence-corrected chi connectivity index (χ0v) is 15.2. The van der Waals surface area contributed by atoms with Crippen molar-refractivity contribution >= 4 is 0 Å². The maximum Gasteiger partial charge on any atom is 0.0133 e. The van der Waals surface area contributed by atoms with E-state index in [4.69, 9.17) is 0 Å². The van der Waals surface area contributed by atoms with Crippen LogP contribution in [0.3, 0.4) is 0 Å². The fraction of sp³-hybridized carbons (Fsp3) is 0.478. The summed E-state index contributed by atoms with van der Waals surface area (Å²) in [4.78, 5) is 2.68. The van der Waals surface area contributed by atoms with Crippen molar-refractivity contribution in [3.63, 3.8) is 0 Å². The smallest absolute Gasteiger partial charge is 0.0133 e. The summed E-state index contributed by atoms with van der Waals surface area (Å²) in [6.07, 6.45) is 5.29. The van der Waals surface area contributed by atoms with Crippen LogP contribution in [-0.4, -0.2) is 24.0 Å². The third-order valence-corrected chi connectivity index (χ3v) is 6.53. The van der Waals surface area contributed by atoms with Crippen molar-refractivity contribution in [2.24, 2.45) is 5.92 Å². The van der Waals surface area contributed by atoms with Crippen molar-refractivity contribution in [2.45, 2.75) is 57.5 Å². The molecule has 1 nitrogen and oxygen atoms in total. The van der Waals surface area contributed by atoms with Gasteiger partial charge in [-0.1, -0.05) is 59.7 Å². The number of aryl methyl sites for hydroxylation is 2. The summed E-state index contributed by atoms with van der Waals surface area (Å²) in [5, 5.41) is 0. The van der Waals surface area contributed by atoms with Crippen LogP contribution in [0.4, 0.5) is 0 Å². The zero-order chi connectivity index (χ0) is 16.7. The minimum absolute atomic E-state index is 0.709. The van der Waals surface area contributed by atoms with Crippen LogP contribution >= 0.6 is 0 Å². The number of rotatable bonds is 3. The summed E-state index contributed by atoms with van der Waals surface area (Å²) in [7, 11) is 2.36. The summed E-state index contributed by atoms with van der Waals surface area (Å²) in [5.74, 6) is 1.44. The Labute approximate surface area is 146 Å². The van der Waals surface area contributed by atoms with Crippen LogP contribution in [0.1, 0.15) is 47.4 Å². The van der Waals surface area contributed by atoms with E-state index in [2.05, 4.69) is 74.3 Å². The van der Waals surface area contributed by atoms with Gasteiger partial charge < -0.3 is 4.90 Å². The van der Waals surface area contributed by atoms with E-state index in [0.29, 0.717) is 5.92 Å². The first kappa shape index (κ1) is 15.9. The molecule has 0 aliphatic carbocycles. The van der Waals surface area contributed by atoms with Gasteiger partial charge in [-0.25, -0.2) is 0 Å². The molecule has 0 amide bonds. The highest BCUT2D eigenvalue weighted by Gasteiger charge is 2.45. The lowest BCUT2D eigenvalue weighted by Crippen LogP contribution is -2.46. The molecular formula is C23H29N. The first-order valence-electron chi connectivity index (χ1n) is 9.46. The van der Waals surface area contributed by atoms with E-state index in [1.165, 1.54) is 42.4 Å². The highest BCUT2D eigenvalue weighted by atomic mass is 15.2. The lowest BCUT2D eigenvalue weighted by molar-refractivity contribution is 0.0997. The van der Waals surface area contributed by atoms with Crippen molar-refractivity contribution < 1.29 is 0 Å². The number of benzene rings is 2. The van der Waals surface area contributed by atoms with Gasteiger partial charge in [0, 0.05) is 12.1 Å². The molecular weight excluding hydrogens is 290 g/mol. The van der Waals surface area contributed by atoms with Crippen molar-refractivity contribution in [3.05, 3.63) is 70.8 Å². The highest BCUT2D eigenvalue weighted by Crippen LogP contribution is 2.47. The van der Waals surface area contributed by atoms with Gasteiger partial charge in [-0.15, -0.1) is 0 Å². The molecule has 2 aromatic rings. The van der Waals surface area contributed by atoms with Gasteiger partial charge >= 0.3 is 0 Å². The van der Waals surface area contributed by atoms with Crippen LogP contribution < -0.4 is 0 Å². The largest absolute Gasteiger partial charge is 0.300 e. The molecule has 2 bridgehead atoms. The number of hydrogen-bond acceptors (Lipinski definition) is 1. The lowest BCUT2D eigenvalue weighted by atomic mass is 9.73. The second-order valence-corrected chi connectivity index (χ2v) is 8.07. The Morgan fingerprint density at radius 3 is 2.17 bits per heavy atom. The number of hydrogen-bond donors (Lipinski definition) is 0. The Balaban J connectivity index is 1.65. The molecule has 0 radical (unpaired) electrons. The second kappa shape index (κ2) is 6.37. The number of piperidine rings is 1. The Kier molecular flexibility index (Phi) is 4.22. The molecule has 1 heteroatoms. The molecule has 2 heterocycles. The van der Waals surface area contributed by atoms with Crippen molar-refractivity contribution in [2.75, 3.05) is 7.05 Å². The second-order valence-electron chi connectivity index (χ2n) is 8.07. The maximum absolute atomic E-state index is 2.68. The van der Waals surface area contributed by atoms with Gasteiger partial charge in [0.2, 0.25) is 0 Å². The van der Waals surface area contributed by atoms with Gasteiger partial charge in [0.1, 0.15) is 0 Å². The topological polar surface area (TPSA) is 3.24 Å². The third-order valence-electron chi connectivity index (χ3n) is 6.53. The highest BCUT2D eigenvalue weighted by molar-refractivity contribution is 5.29. The van der Waals surface area contributed by atoms with Crippen LogP contribution in [0, 0.1) is 19.8 Å². The van der Waals surface area contributed by atoms with Crippen molar-refractivity contribution in [3.8, 4) is 0 Å². The van der Waals surface area contributed by atoms with E-state index in [0.717, 1.165) is 18.0 Å². The summed E-state index contributed by atoms with van der Waals surface area (Å²) in [6, 6.07) is 20.1. The predicted molar refractivity (Wildman–Crippen MR) is 101 cm³/mol. The quantitative estimate of drug-likeness (QED) is 0.759. The average Bonchev–Trinajstić information content (AvgIpc) is 2.83. The van der Waals surface area contributed by atoms with Crippen LogP contribution in [0.2, 0.25) is 0 Å². The Morgan fingerprint density at radius 1 is 0.875 bits per heavy atom. The summed E-state index contributed by atoms with van der Waals surface area (Å²) in [6.45, 7) is 4.36. The molecule has 0 spiro atoms. The van der Waals surface area contributed by atoms with Gasteiger partial charge in [0.05, 0.1) is 0 Å². The summed E-state index contributed by atoms with van der Waals surface area (Å²) < 4.78 is 0. The van der Waals surface area contributed by atoms with Gasteiger partial charge in [-0.3, -0.25) is 0 Å². The molecule has 2 aliphatic rings. The molecule has 0 aromatic heterocycles. The van der Waals surface area contributed by atoms with Gasteiger partial charge in [-0.2, -0.15) is 0 Å². The monoisotopic (exact) mass is 319 g/mol. The molecule has 0 saturated carbocycles. The molecule has 2 fully saturated rings. The van der Waals surface area contributed by atoms with Crippen LogP contribution in [-0.2, 0) is 6.42 Å². The fourth-order valence-electron chi connectivity index (χ4n) is 5.05. The van der Waals surface area contributed by atoms with E-state index in [-0.39, 0.29) is 0 Å². The zero-order valence-electron chi connectivity index (χ0n) is 15.2. The van der Waals surface area contributed by atoms with E-state index in [1.807, 2.05) is 0 Å². The average molecular weight is 319 g/mol. The molecule has 126 valence electrons. The molecule has 4 atom stereocenters. The lowest BCUT2D eigenvalue weighted by Gasteiger charge is -2.43. The van der Waals surface area contributed by atoms with Gasteiger partial charge in [0.25, 0.3) is 0 Å². The maximum atomic E-state index is 2.68. The normalized spacial score (nSPS) is 29.8. The first-order valence-corrected chi connectivity index (χ1v) is 9.46. The van der Waals surface area contributed by atoms with Crippen LogP contribution in [0.25, 0.3) is 0 Å². The minimum atomic E-state index is 0.709. The van der Waals surface area contributed by atoms with Crippen molar-refractivity contribution in [1.82, 2.24) is 4.90 Å². The Hall–Kier alpha value is -1.60. The van der Waals surface area contributed by atoms with Crippen molar-refractivity contribution in [1.29, 1.82) is 0 Å². The van der Waals surface area contributed by atoms with Crippen LogP contribution in [0.15, 0.2) is 48.5 Å². The van der Waals surface area contributed by atoms with E-state index < -0.39 is 0 Å². The molecule has 24 heavy (non-hydrogen) atoms. The minimum Gasteiger partial charge on any atom is -0.300 e. The number of nitrogens with zero attached hydrogens (tertiary/aromatic N) is 1. The fourth-order valence-corrected chi connectivity index (χ4v) is 5.05. The first-order chi connectivity index (χ1) is 11.6. The molecule has 2 saturated heterocycles. The molecule has 2 aliphatic heterocycles. The summed E-state index contributed by atoms with van der Waals surface area (Å²) >= 11 is 0. The molecule has 0 unspecified atom stereocenters. The Bertz CT molecular complexity index is 685. The molecule has 4 rings (SSSR count). The predicted octanol–water partition coefficient (Wildman–Crippen LogP) is 5.11. The Morgan fingerprint density at radius 2 is 1.50 bits per heavy atom. The van der Waals surface area contributed by atoms with E-state index in [1.54, 1.807) is 5.56 Å². The third kappa shape index (κ3) is 2.91. The van der Waals surface area contributed by atoms with Gasteiger partial charge in [0.15, 0.2) is 0 Å². The summed E-state index contributed by atoms with van der Waals surface area (Å²) in [5.41, 5.74) is 5.78. The SMILES string of the molecule is Cc1ccc(C[C@H]2[C@@H](c3ccc(C)cc3)C[C@@H]3CC[C@H]2N3C)cc1. The van der Waals surface area contributed by atoms with E-state index >= 15 is 0 Å². The van der Waals surface area contributed by atoms with Crippen LogP contribution in [0.5, 0.6) is 0 Å². The molecule has 2 aromatic carbocycles.